The van der Waals surface area contributed by atoms with Crippen molar-refractivity contribution in [1.29, 1.82) is 0 Å². The summed E-state index contributed by atoms with van der Waals surface area (Å²) in [5.41, 5.74) is 0.825. The monoisotopic (exact) mass is 311 g/mol. The molecule has 2 aliphatic heterocycles. The number of hydrogen-bond acceptors (Lipinski definition) is 5. The van der Waals surface area contributed by atoms with Crippen molar-refractivity contribution in [2.24, 2.45) is 0 Å². The van der Waals surface area contributed by atoms with Crippen LogP contribution in [0, 0.1) is 0 Å². The molecule has 2 saturated heterocycles. The Kier molecular flexibility index (Phi) is 2.79. The normalized spacial score (nSPS) is 31.9. The van der Waals surface area contributed by atoms with E-state index < -0.39 is 5.79 Å². The first-order valence-electron chi connectivity index (χ1n) is 6.50. The first-order chi connectivity index (χ1) is 9.55. The number of nitrogens with zero attached hydrogens (tertiary/aromatic N) is 3. The van der Waals surface area contributed by atoms with Crippen molar-refractivity contribution in [3.8, 4) is 0 Å². The zero-order chi connectivity index (χ0) is 13.9. The second-order valence-corrected chi connectivity index (χ2v) is 7.01. The predicted octanol–water partition coefficient (Wildman–Crippen LogP) is 2.69. The SMILES string of the molecule is CC1(C)OC2CS[C@@H](c3ncc4c(Cl)nccn34)C2O1. The average Bonchev–Trinajstić information content (AvgIpc) is 3.01. The summed E-state index contributed by atoms with van der Waals surface area (Å²) in [7, 11) is 0. The first kappa shape index (κ1) is 12.9. The molecule has 106 valence electrons. The number of rotatable bonds is 1. The Morgan fingerprint density at radius 1 is 1.40 bits per heavy atom. The molecule has 0 saturated carbocycles. The zero-order valence-corrected chi connectivity index (χ0v) is 12.7. The third-order valence-electron chi connectivity index (χ3n) is 3.65. The highest BCUT2D eigenvalue weighted by atomic mass is 35.5. The van der Waals surface area contributed by atoms with Crippen LogP contribution in [0.25, 0.3) is 5.52 Å². The molecule has 3 atom stereocenters. The van der Waals surface area contributed by atoms with Gasteiger partial charge in [0.1, 0.15) is 17.4 Å². The summed E-state index contributed by atoms with van der Waals surface area (Å²) in [4.78, 5) is 8.61. The van der Waals surface area contributed by atoms with Gasteiger partial charge in [-0.3, -0.25) is 4.40 Å². The molecular formula is C13H14ClN3O2S. The number of thioether (sulfide) groups is 1. The Hall–Kier alpha value is -0.820. The van der Waals surface area contributed by atoms with Gasteiger partial charge in [-0.1, -0.05) is 11.6 Å². The molecule has 0 radical (unpaired) electrons. The molecule has 0 spiro atoms. The molecule has 5 nitrogen and oxygen atoms in total. The summed E-state index contributed by atoms with van der Waals surface area (Å²) in [5.74, 6) is 1.36. The van der Waals surface area contributed by atoms with Gasteiger partial charge in [-0.05, 0) is 13.8 Å². The molecule has 0 amide bonds. The van der Waals surface area contributed by atoms with Gasteiger partial charge < -0.3 is 9.47 Å². The van der Waals surface area contributed by atoms with Gasteiger partial charge in [-0.2, -0.15) is 0 Å². The van der Waals surface area contributed by atoms with Crippen molar-refractivity contribution >= 4 is 28.9 Å². The predicted molar refractivity (Wildman–Crippen MR) is 77.0 cm³/mol. The Bertz CT molecular complexity index is 675. The highest BCUT2D eigenvalue weighted by Gasteiger charge is 2.51. The van der Waals surface area contributed by atoms with E-state index >= 15 is 0 Å². The van der Waals surface area contributed by atoms with Crippen molar-refractivity contribution in [2.75, 3.05) is 5.75 Å². The summed E-state index contributed by atoms with van der Waals surface area (Å²) in [6.07, 6.45) is 5.50. The van der Waals surface area contributed by atoms with Crippen LogP contribution in [0.4, 0.5) is 0 Å². The molecule has 20 heavy (non-hydrogen) atoms. The van der Waals surface area contributed by atoms with Crippen LogP contribution in [0.3, 0.4) is 0 Å². The molecular weight excluding hydrogens is 298 g/mol. The number of halogens is 1. The minimum absolute atomic E-state index is 0.0348. The Morgan fingerprint density at radius 2 is 2.25 bits per heavy atom. The molecule has 2 aliphatic rings. The highest BCUT2D eigenvalue weighted by Crippen LogP contribution is 2.48. The summed E-state index contributed by atoms with van der Waals surface area (Å²) in [6, 6.07) is 0. The molecule has 0 bridgehead atoms. The van der Waals surface area contributed by atoms with Crippen LogP contribution in [-0.2, 0) is 9.47 Å². The van der Waals surface area contributed by atoms with Gasteiger partial charge in [0.15, 0.2) is 10.9 Å². The van der Waals surface area contributed by atoms with Crippen molar-refractivity contribution in [1.82, 2.24) is 14.4 Å². The Labute approximate surface area is 125 Å². The summed E-state index contributed by atoms with van der Waals surface area (Å²) in [6.45, 7) is 3.91. The van der Waals surface area contributed by atoms with Crippen molar-refractivity contribution < 1.29 is 9.47 Å². The molecule has 0 aliphatic carbocycles. The number of aromatic nitrogens is 3. The Morgan fingerprint density at radius 3 is 3.10 bits per heavy atom. The summed E-state index contributed by atoms with van der Waals surface area (Å²) in [5, 5.41) is 0.623. The quantitative estimate of drug-likeness (QED) is 0.810. The second kappa shape index (κ2) is 4.34. The van der Waals surface area contributed by atoms with Gasteiger partial charge in [0.25, 0.3) is 0 Å². The Balaban J connectivity index is 1.75. The van der Waals surface area contributed by atoms with Crippen LogP contribution in [-0.4, -0.2) is 38.1 Å². The maximum atomic E-state index is 6.10. The maximum absolute atomic E-state index is 6.10. The lowest BCUT2D eigenvalue weighted by Crippen LogP contribution is -2.24. The molecule has 2 aromatic rings. The van der Waals surface area contributed by atoms with E-state index in [0.717, 1.165) is 17.1 Å². The van der Waals surface area contributed by atoms with Crippen LogP contribution in [0.1, 0.15) is 24.9 Å². The fourth-order valence-electron chi connectivity index (χ4n) is 2.89. The first-order valence-corrected chi connectivity index (χ1v) is 7.92. The van der Waals surface area contributed by atoms with Crippen LogP contribution in [0.15, 0.2) is 18.6 Å². The van der Waals surface area contributed by atoms with Gasteiger partial charge in [0.2, 0.25) is 0 Å². The van der Waals surface area contributed by atoms with Gasteiger partial charge in [0, 0.05) is 18.1 Å². The van der Waals surface area contributed by atoms with E-state index in [1.165, 1.54) is 0 Å². The van der Waals surface area contributed by atoms with Crippen molar-refractivity contribution in [3.05, 3.63) is 29.6 Å². The molecule has 4 heterocycles. The number of fused-ring (bicyclic) bond motifs is 2. The van der Waals surface area contributed by atoms with Crippen LogP contribution >= 0.6 is 23.4 Å². The minimum Gasteiger partial charge on any atom is -0.344 e. The molecule has 0 N–H and O–H groups in total. The molecule has 7 heteroatoms. The van der Waals surface area contributed by atoms with E-state index in [9.17, 15) is 0 Å². The van der Waals surface area contributed by atoms with E-state index in [1.54, 1.807) is 12.4 Å². The third kappa shape index (κ3) is 1.86. The van der Waals surface area contributed by atoms with Gasteiger partial charge >= 0.3 is 0 Å². The fraction of sp³-hybridized carbons (Fsp3) is 0.538. The fourth-order valence-corrected chi connectivity index (χ4v) is 4.48. The number of imidazole rings is 1. The third-order valence-corrected chi connectivity index (χ3v) is 5.31. The highest BCUT2D eigenvalue weighted by molar-refractivity contribution is 7.99. The standard InChI is InChI=1S/C13H14ClN3O2S/c1-13(2)18-8-6-20-10(9(8)19-13)12-16-5-7-11(14)15-3-4-17(7)12/h3-5,8-10H,6H2,1-2H3/t8?,9?,10-/m1/s1. The molecule has 0 aromatic carbocycles. The average molecular weight is 312 g/mol. The summed E-state index contributed by atoms with van der Waals surface area (Å²) >= 11 is 7.92. The van der Waals surface area contributed by atoms with E-state index in [4.69, 9.17) is 21.1 Å². The van der Waals surface area contributed by atoms with Crippen molar-refractivity contribution in [3.63, 3.8) is 0 Å². The lowest BCUT2D eigenvalue weighted by molar-refractivity contribution is -0.145. The zero-order valence-electron chi connectivity index (χ0n) is 11.1. The molecule has 2 unspecified atom stereocenters. The van der Waals surface area contributed by atoms with E-state index in [-0.39, 0.29) is 17.5 Å². The minimum atomic E-state index is -0.513. The number of hydrogen-bond donors (Lipinski definition) is 0. The lowest BCUT2D eigenvalue weighted by Gasteiger charge is -2.21. The lowest BCUT2D eigenvalue weighted by atomic mass is 10.1. The van der Waals surface area contributed by atoms with Gasteiger partial charge in [0.05, 0.1) is 17.6 Å². The maximum Gasteiger partial charge on any atom is 0.163 e. The molecule has 4 rings (SSSR count). The van der Waals surface area contributed by atoms with Crippen molar-refractivity contribution in [2.45, 2.75) is 37.1 Å². The topological polar surface area (TPSA) is 48.7 Å². The van der Waals surface area contributed by atoms with E-state index in [0.29, 0.717) is 5.15 Å². The van der Waals surface area contributed by atoms with Crippen LogP contribution < -0.4 is 0 Å². The van der Waals surface area contributed by atoms with Gasteiger partial charge in [-0.25, -0.2) is 9.97 Å². The molecule has 2 aromatic heterocycles. The van der Waals surface area contributed by atoms with E-state index in [2.05, 4.69) is 9.97 Å². The largest absolute Gasteiger partial charge is 0.344 e. The summed E-state index contributed by atoms with van der Waals surface area (Å²) < 4.78 is 14.0. The number of ether oxygens (including phenoxy) is 2. The second-order valence-electron chi connectivity index (χ2n) is 5.48. The van der Waals surface area contributed by atoms with Gasteiger partial charge in [-0.15, -0.1) is 11.8 Å². The molecule has 2 fully saturated rings. The smallest absolute Gasteiger partial charge is 0.163 e. The van der Waals surface area contributed by atoms with Crippen LogP contribution in [0.2, 0.25) is 5.15 Å². The van der Waals surface area contributed by atoms with E-state index in [1.807, 2.05) is 36.2 Å². The van der Waals surface area contributed by atoms with Crippen LogP contribution in [0.5, 0.6) is 0 Å².